The van der Waals surface area contributed by atoms with Crippen molar-refractivity contribution in [3.8, 4) is 0 Å². The minimum absolute atomic E-state index is 0.190. The number of hydrogen-bond acceptors (Lipinski definition) is 3. The van der Waals surface area contributed by atoms with Crippen LogP contribution in [0.25, 0.3) is 0 Å². The van der Waals surface area contributed by atoms with Crippen LogP contribution in [0.15, 0.2) is 48.5 Å². The monoisotopic (exact) mass is 569 g/mol. The van der Waals surface area contributed by atoms with Gasteiger partial charge in [-0.25, -0.2) is 0 Å². The molecule has 0 aromatic heterocycles. The van der Waals surface area contributed by atoms with E-state index in [2.05, 4.69) is 10.6 Å². The van der Waals surface area contributed by atoms with Gasteiger partial charge in [0, 0.05) is 33.0 Å². The molecule has 1 aliphatic rings. The van der Waals surface area contributed by atoms with Crippen molar-refractivity contribution in [3.63, 3.8) is 0 Å². The quantitative estimate of drug-likeness (QED) is 0.218. The lowest BCUT2D eigenvalue weighted by Crippen LogP contribution is -2.18. The molecular formula is C25H20Cl5N3O2. The fraction of sp³-hybridized carbons (Fsp3) is 0.200. The summed E-state index contributed by atoms with van der Waals surface area (Å²) in [5.41, 5.74) is 10.1. The van der Waals surface area contributed by atoms with Crippen molar-refractivity contribution in [2.75, 3.05) is 16.4 Å². The second-order valence-corrected chi connectivity index (χ2v) is 11.1. The molecule has 3 aromatic carbocycles. The Morgan fingerprint density at radius 3 is 2.20 bits per heavy atom. The Labute approximate surface area is 227 Å². The number of anilines is 3. The predicted octanol–water partition coefficient (Wildman–Crippen LogP) is 7.62. The summed E-state index contributed by atoms with van der Waals surface area (Å²) < 4.78 is -1.32. The van der Waals surface area contributed by atoms with Crippen LogP contribution < -0.4 is 16.4 Å². The summed E-state index contributed by atoms with van der Waals surface area (Å²) in [5.74, 6) is -2.07. The molecule has 1 fully saturated rings. The fourth-order valence-corrected chi connectivity index (χ4v) is 5.56. The highest BCUT2D eigenvalue weighted by molar-refractivity contribution is 6.53. The first-order valence-corrected chi connectivity index (χ1v) is 12.4. The van der Waals surface area contributed by atoms with Crippen LogP contribution in [0.4, 0.5) is 17.1 Å². The van der Waals surface area contributed by atoms with Gasteiger partial charge in [-0.15, -0.1) is 23.2 Å². The molecule has 0 aliphatic heterocycles. The Kier molecular flexibility index (Phi) is 7.20. The van der Waals surface area contributed by atoms with Gasteiger partial charge >= 0.3 is 0 Å². The Hall–Kier alpha value is -2.15. The van der Waals surface area contributed by atoms with Crippen LogP contribution >= 0.6 is 58.0 Å². The maximum atomic E-state index is 13.0. The fourth-order valence-electron chi connectivity index (χ4n) is 3.99. The van der Waals surface area contributed by atoms with Crippen molar-refractivity contribution < 1.29 is 9.59 Å². The third kappa shape index (κ3) is 5.20. The standard InChI is InChI=1S/C25H20Cl5N3O2/c1-11-12(2)20(6-5-19(11)31)33-23(34)17-10-16(3-4-18(17)28)32-24(35)22-21(25(22,29)30)13-7-14(26)9-15(27)8-13/h3-10,21-22H,31H2,1-2H3,(H,32,35)(H,33,34). The Morgan fingerprint density at radius 1 is 0.886 bits per heavy atom. The van der Waals surface area contributed by atoms with E-state index in [0.717, 1.165) is 11.1 Å². The van der Waals surface area contributed by atoms with Gasteiger partial charge in [-0.1, -0.05) is 34.8 Å². The summed E-state index contributed by atoms with van der Waals surface area (Å²) in [6.45, 7) is 3.74. The third-order valence-corrected chi connectivity index (χ3v) is 7.84. The van der Waals surface area contributed by atoms with Gasteiger partial charge in [0.15, 0.2) is 0 Å². The van der Waals surface area contributed by atoms with Gasteiger partial charge in [-0.3, -0.25) is 9.59 Å². The van der Waals surface area contributed by atoms with E-state index in [4.69, 9.17) is 63.7 Å². The first-order valence-electron chi connectivity index (χ1n) is 10.5. The Morgan fingerprint density at radius 2 is 1.54 bits per heavy atom. The largest absolute Gasteiger partial charge is 0.399 e. The Bertz CT molecular complexity index is 1340. The van der Waals surface area contributed by atoms with Crippen LogP contribution in [0.3, 0.4) is 0 Å². The highest BCUT2D eigenvalue weighted by atomic mass is 35.5. The molecule has 2 unspecified atom stereocenters. The van der Waals surface area contributed by atoms with Crippen LogP contribution in [-0.4, -0.2) is 16.1 Å². The van der Waals surface area contributed by atoms with Gasteiger partial charge in [-0.2, -0.15) is 0 Å². The van der Waals surface area contributed by atoms with Crippen LogP contribution in [0.1, 0.15) is 33.0 Å². The minimum Gasteiger partial charge on any atom is -0.399 e. The van der Waals surface area contributed by atoms with E-state index >= 15 is 0 Å². The maximum absolute atomic E-state index is 13.0. The summed E-state index contributed by atoms with van der Waals surface area (Å²) in [7, 11) is 0. The smallest absolute Gasteiger partial charge is 0.257 e. The molecular weight excluding hydrogens is 552 g/mol. The van der Waals surface area contributed by atoms with Crippen molar-refractivity contribution in [1.82, 2.24) is 0 Å². The van der Waals surface area contributed by atoms with E-state index < -0.39 is 28.0 Å². The molecule has 10 heteroatoms. The lowest BCUT2D eigenvalue weighted by atomic mass is 10.1. The molecule has 0 radical (unpaired) electrons. The number of alkyl halides is 2. The Balaban J connectivity index is 1.52. The number of amides is 2. The molecule has 3 aromatic rings. The number of nitrogens with two attached hydrogens (primary N) is 1. The zero-order chi connectivity index (χ0) is 25.7. The second-order valence-electron chi connectivity index (χ2n) is 8.42. The van der Waals surface area contributed by atoms with Crippen molar-refractivity contribution >= 4 is 86.9 Å². The predicted molar refractivity (Wildman–Crippen MR) is 145 cm³/mol. The SMILES string of the molecule is Cc1c(N)ccc(NC(=O)c2cc(NC(=O)C3C(c4cc(Cl)cc(Cl)c4)C3(Cl)Cl)ccc2Cl)c1C. The molecule has 4 rings (SSSR count). The van der Waals surface area contributed by atoms with Crippen LogP contribution in [-0.2, 0) is 4.79 Å². The number of benzene rings is 3. The summed E-state index contributed by atoms with van der Waals surface area (Å²) in [4.78, 5) is 26.0. The molecule has 1 aliphatic carbocycles. The lowest BCUT2D eigenvalue weighted by molar-refractivity contribution is -0.117. The first kappa shape index (κ1) is 25.9. The molecule has 1 saturated carbocycles. The number of hydrogen-bond donors (Lipinski definition) is 3. The highest BCUT2D eigenvalue weighted by Gasteiger charge is 2.67. The van der Waals surface area contributed by atoms with Gasteiger partial charge in [0.2, 0.25) is 5.91 Å². The average molecular weight is 572 g/mol. The number of rotatable bonds is 5. The van der Waals surface area contributed by atoms with Crippen molar-refractivity contribution in [3.05, 3.63) is 85.9 Å². The summed E-state index contributed by atoms with van der Waals surface area (Å²) >= 11 is 31.3. The summed E-state index contributed by atoms with van der Waals surface area (Å²) in [6, 6.07) is 13.0. The molecule has 5 nitrogen and oxygen atoms in total. The van der Waals surface area contributed by atoms with Crippen LogP contribution in [0.5, 0.6) is 0 Å². The van der Waals surface area contributed by atoms with E-state index in [9.17, 15) is 9.59 Å². The number of halogens is 5. The normalized spacial score (nSPS) is 18.1. The first-order chi connectivity index (χ1) is 16.4. The van der Waals surface area contributed by atoms with Gasteiger partial charge < -0.3 is 16.4 Å². The van der Waals surface area contributed by atoms with E-state index in [-0.39, 0.29) is 10.6 Å². The topological polar surface area (TPSA) is 84.2 Å². The third-order valence-electron chi connectivity index (χ3n) is 6.14. The molecule has 4 N–H and O–H groups in total. The van der Waals surface area contributed by atoms with Crippen molar-refractivity contribution in [2.45, 2.75) is 24.1 Å². The average Bonchev–Trinajstić information content (AvgIpc) is 3.36. The zero-order valence-electron chi connectivity index (χ0n) is 18.6. The second kappa shape index (κ2) is 9.72. The number of carbonyl (C=O) groups is 2. The van der Waals surface area contributed by atoms with E-state index in [1.165, 1.54) is 12.1 Å². The summed E-state index contributed by atoms with van der Waals surface area (Å²) in [5, 5.41) is 6.69. The molecule has 2 amide bonds. The van der Waals surface area contributed by atoms with E-state index in [0.29, 0.717) is 32.7 Å². The molecule has 0 bridgehead atoms. The van der Waals surface area contributed by atoms with Crippen LogP contribution in [0.2, 0.25) is 15.1 Å². The highest BCUT2D eigenvalue weighted by Crippen LogP contribution is 2.65. The molecule has 35 heavy (non-hydrogen) atoms. The van der Waals surface area contributed by atoms with Crippen molar-refractivity contribution in [1.29, 1.82) is 0 Å². The zero-order valence-corrected chi connectivity index (χ0v) is 22.3. The van der Waals surface area contributed by atoms with Gasteiger partial charge in [0.25, 0.3) is 5.91 Å². The molecule has 0 heterocycles. The van der Waals surface area contributed by atoms with Crippen LogP contribution in [0, 0.1) is 19.8 Å². The molecule has 182 valence electrons. The molecule has 0 saturated heterocycles. The number of carbonyl (C=O) groups excluding carboxylic acids is 2. The van der Waals surface area contributed by atoms with Crippen molar-refractivity contribution in [2.24, 2.45) is 5.92 Å². The lowest BCUT2D eigenvalue weighted by Gasteiger charge is -2.14. The van der Waals surface area contributed by atoms with E-state index in [1.807, 2.05) is 13.8 Å². The van der Waals surface area contributed by atoms with Gasteiger partial charge in [-0.05, 0) is 79.1 Å². The van der Waals surface area contributed by atoms with Gasteiger partial charge in [0.05, 0.1) is 16.5 Å². The van der Waals surface area contributed by atoms with Gasteiger partial charge in [0.1, 0.15) is 4.33 Å². The number of nitrogen functional groups attached to an aromatic ring is 1. The summed E-state index contributed by atoms with van der Waals surface area (Å²) in [6.07, 6.45) is 0. The maximum Gasteiger partial charge on any atom is 0.257 e. The van der Waals surface area contributed by atoms with E-state index in [1.54, 1.807) is 36.4 Å². The minimum atomic E-state index is -1.32. The molecule has 2 atom stereocenters. The molecule has 0 spiro atoms. The number of nitrogens with one attached hydrogen (secondary N) is 2.